The van der Waals surface area contributed by atoms with Gasteiger partial charge < -0.3 is 4.90 Å². The summed E-state index contributed by atoms with van der Waals surface area (Å²) in [6, 6.07) is 15.3. The average molecular weight is 295 g/mol. The highest BCUT2D eigenvalue weighted by atomic mass is 15.2. The van der Waals surface area contributed by atoms with Crippen molar-refractivity contribution in [1.29, 1.82) is 0 Å². The Morgan fingerprint density at radius 3 is 2.77 bits per heavy atom. The lowest BCUT2D eigenvalue weighted by Crippen LogP contribution is -2.26. The highest BCUT2D eigenvalue weighted by molar-refractivity contribution is 5.62. The number of hydrogen-bond donors (Lipinski definition) is 0. The minimum atomic E-state index is 0.509. The van der Waals surface area contributed by atoms with Crippen LogP contribution in [0.1, 0.15) is 37.8 Å². The summed E-state index contributed by atoms with van der Waals surface area (Å²) in [5.41, 5.74) is 2.54. The number of pyridine rings is 1. The fraction of sp³-hybridized carbons (Fsp3) is 0.421. The smallest absolute Gasteiger partial charge is 0.137 e. The van der Waals surface area contributed by atoms with Crippen LogP contribution < -0.4 is 4.90 Å². The Morgan fingerprint density at radius 1 is 1.18 bits per heavy atom. The van der Waals surface area contributed by atoms with Crippen molar-refractivity contribution in [2.24, 2.45) is 0 Å². The molecule has 1 aromatic heterocycles. The first-order valence-corrected chi connectivity index (χ1v) is 8.29. The number of anilines is 2. The van der Waals surface area contributed by atoms with Crippen molar-refractivity contribution in [3.8, 4) is 0 Å². The maximum atomic E-state index is 4.69. The molecule has 0 radical (unpaired) electrons. The Hall–Kier alpha value is -1.87. The van der Waals surface area contributed by atoms with Crippen molar-refractivity contribution >= 4 is 11.5 Å². The predicted molar refractivity (Wildman–Crippen MR) is 92.6 cm³/mol. The van der Waals surface area contributed by atoms with E-state index in [2.05, 4.69) is 66.2 Å². The molecule has 1 aromatic carbocycles. The van der Waals surface area contributed by atoms with Crippen LogP contribution in [0.4, 0.5) is 11.5 Å². The normalized spacial score (nSPS) is 18.5. The monoisotopic (exact) mass is 295 g/mol. The number of aromatic nitrogens is 1. The van der Waals surface area contributed by atoms with Gasteiger partial charge in [0.05, 0.1) is 0 Å². The molecule has 1 aliphatic heterocycles. The van der Waals surface area contributed by atoms with E-state index >= 15 is 0 Å². The largest absolute Gasteiger partial charge is 0.329 e. The lowest BCUT2D eigenvalue weighted by atomic mass is 10.0. The van der Waals surface area contributed by atoms with Gasteiger partial charge in [0, 0.05) is 30.5 Å². The lowest BCUT2D eigenvalue weighted by Gasteiger charge is -2.28. The summed E-state index contributed by atoms with van der Waals surface area (Å²) in [5.74, 6) is 1.08. The number of para-hydroxylation sites is 1. The molecule has 22 heavy (non-hydrogen) atoms. The Bertz CT molecular complexity index is 597. The number of likely N-dealkylation sites (tertiary alicyclic amines) is 1. The molecule has 116 valence electrons. The summed E-state index contributed by atoms with van der Waals surface area (Å²) in [6.07, 6.45) is 5.63. The van der Waals surface area contributed by atoms with Gasteiger partial charge in [-0.2, -0.15) is 0 Å². The second-order valence-electron chi connectivity index (χ2n) is 6.00. The maximum Gasteiger partial charge on any atom is 0.137 e. The van der Waals surface area contributed by atoms with E-state index in [9.17, 15) is 0 Å². The van der Waals surface area contributed by atoms with Crippen LogP contribution in [-0.4, -0.2) is 30.0 Å². The van der Waals surface area contributed by atoms with E-state index < -0.39 is 0 Å². The minimum absolute atomic E-state index is 0.509. The Kier molecular flexibility index (Phi) is 4.74. The van der Waals surface area contributed by atoms with Crippen LogP contribution in [0.25, 0.3) is 0 Å². The minimum Gasteiger partial charge on any atom is -0.329 e. The standard InChI is InChI=1S/C19H25N3/c1-3-14-22-15-8-12-18(22)17-11-7-13-20-19(17)21(2)16-9-5-4-6-10-16/h4-7,9-11,13,18H,3,8,12,14-15H2,1-2H3/t18-/m1/s1. The molecule has 1 aliphatic rings. The molecular formula is C19H25N3. The molecule has 3 nitrogen and oxygen atoms in total. The molecule has 0 unspecified atom stereocenters. The summed E-state index contributed by atoms with van der Waals surface area (Å²) in [4.78, 5) is 9.51. The van der Waals surface area contributed by atoms with E-state index in [4.69, 9.17) is 4.98 Å². The Balaban J connectivity index is 1.93. The third kappa shape index (κ3) is 3.00. The molecule has 0 N–H and O–H groups in total. The molecule has 3 rings (SSSR count). The van der Waals surface area contributed by atoms with Crippen LogP contribution in [0, 0.1) is 0 Å². The summed E-state index contributed by atoms with van der Waals surface area (Å²) in [7, 11) is 2.11. The molecule has 1 saturated heterocycles. The number of benzene rings is 1. The maximum absolute atomic E-state index is 4.69. The van der Waals surface area contributed by atoms with Crippen molar-refractivity contribution in [1.82, 2.24) is 9.88 Å². The zero-order valence-corrected chi connectivity index (χ0v) is 13.6. The molecular weight excluding hydrogens is 270 g/mol. The van der Waals surface area contributed by atoms with Gasteiger partial charge in [-0.25, -0.2) is 4.98 Å². The van der Waals surface area contributed by atoms with Gasteiger partial charge in [0.1, 0.15) is 5.82 Å². The van der Waals surface area contributed by atoms with Crippen LogP contribution in [0.15, 0.2) is 48.7 Å². The van der Waals surface area contributed by atoms with Crippen LogP contribution >= 0.6 is 0 Å². The highest BCUT2D eigenvalue weighted by Crippen LogP contribution is 2.37. The first-order chi connectivity index (χ1) is 10.8. The van der Waals surface area contributed by atoms with Crippen molar-refractivity contribution in [2.45, 2.75) is 32.2 Å². The summed E-state index contributed by atoms with van der Waals surface area (Å²) < 4.78 is 0. The molecule has 2 heterocycles. The molecule has 0 spiro atoms. The quantitative estimate of drug-likeness (QED) is 0.815. The third-order valence-electron chi connectivity index (χ3n) is 4.51. The van der Waals surface area contributed by atoms with Crippen LogP contribution in [0.2, 0.25) is 0 Å². The van der Waals surface area contributed by atoms with Crippen LogP contribution in [0.3, 0.4) is 0 Å². The number of hydrogen-bond acceptors (Lipinski definition) is 3. The van der Waals surface area contributed by atoms with E-state index in [1.807, 2.05) is 6.20 Å². The van der Waals surface area contributed by atoms with Gasteiger partial charge in [0.15, 0.2) is 0 Å². The molecule has 3 heteroatoms. The third-order valence-corrected chi connectivity index (χ3v) is 4.51. The lowest BCUT2D eigenvalue weighted by molar-refractivity contribution is 0.258. The zero-order chi connectivity index (χ0) is 15.4. The Morgan fingerprint density at radius 2 is 2.00 bits per heavy atom. The van der Waals surface area contributed by atoms with E-state index in [1.165, 1.54) is 43.6 Å². The van der Waals surface area contributed by atoms with Crippen LogP contribution in [0.5, 0.6) is 0 Å². The van der Waals surface area contributed by atoms with Gasteiger partial charge in [-0.1, -0.05) is 31.2 Å². The van der Waals surface area contributed by atoms with Gasteiger partial charge in [0.2, 0.25) is 0 Å². The molecule has 1 fully saturated rings. The van der Waals surface area contributed by atoms with E-state index in [-0.39, 0.29) is 0 Å². The fourth-order valence-corrected chi connectivity index (χ4v) is 3.46. The molecule has 0 saturated carbocycles. The molecule has 0 bridgehead atoms. The second kappa shape index (κ2) is 6.93. The summed E-state index contributed by atoms with van der Waals surface area (Å²) >= 11 is 0. The summed E-state index contributed by atoms with van der Waals surface area (Å²) in [5, 5.41) is 0. The topological polar surface area (TPSA) is 19.4 Å². The fourth-order valence-electron chi connectivity index (χ4n) is 3.46. The van der Waals surface area contributed by atoms with Crippen molar-refractivity contribution in [2.75, 3.05) is 25.0 Å². The van der Waals surface area contributed by atoms with Crippen molar-refractivity contribution in [3.63, 3.8) is 0 Å². The second-order valence-corrected chi connectivity index (χ2v) is 6.00. The van der Waals surface area contributed by atoms with Gasteiger partial charge in [0.25, 0.3) is 0 Å². The van der Waals surface area contributed by atoms with Gasteiger partial charge in [-0.05, 0) is 50.6 Å². The Labute approximate surface area is 133 Å². The molecule has 0 aliphatic carbocycles. The van der Waals surface area contributed by atoms with Crippen LogP contribution in [-0.2, 0) is 0 Å². The summed E-state index contributed by atoms with van der Waals surface area (Å²) in [6.45, 7) is 4.64. The first kappa shape index (κ1) is 15.0. The molecule has 1 atom stereocenters. The van der Waals surface area contributed by atoms with Gasteiger partial charge in [-0.3, -0.25) is 4.90 Å². The number of rotatable bonds is 5. The van der Waals surface area contributed by atoms with E-state index in [1.54, 1.807) is 0 Å². The average Bonchev–Trinajstić information content (AvgIpc) is 3.03. The van der Waals surface area contributed by atoms with Crippen molar-refractivity contribution < 1.29 is 0 Å². The molecule has 2 aromatic rings. The van der Waals surface area contributed by atoms with E-state index in [0.29, 0.717) is 6.04 Å². The number of nitrogens with zero attached hydrogens (tertiary/aromatic N) is 3. The van der Waals surface area contributed by atoms with Gasteiger partial charge >= 0.3 is 0 Å². The molecule has 0 amide bonds. The van der Waals surface area contributed by atoms with E-state index in [0.717, 1.165) is 5.82 Å². The highest BCUT2D eigenvalue weighted by Gasteiger charge is 2.28. The SMILES string of the molecule is CCCN1CCC[C@@H]1c1cccnc1N(C)c1ccccc1. The van der Waals surface area contributed by atoms with Gasteiger partial charge in [-0.15, -0.1) is 0 Å². The van der Waals surface area contributed by atoms with Crippen molar-refractivity contribution in [3.05, 3.63) is 54.2 Å². The predicted octanol–water partition coefficient (Wildman–Crippen LogP) is 4.40. The first-order valence-electron chi connectivity index (χ1n) is 8.29. The zero-order valence-electron chi connectivity index (χ0n) is 13.6.